The van der Waals surface area contributed by atoms with Crippen molar-refractivity contribution in [2.75, 3.05) is 11.9 Å². The number of rotatable bonds is 6. The van der Waals surface area contributed by atoms with Crippen LogP contribution in [0.25, 0.3) is 0 Å². The van der Waals surface area contributed by atoms with E-state index in [0.29, 0.717) is 18.5 Å². The van der Waals surface area contributed by atoms with Gasteiger partial charge in [-0.05, 0) is 58.7 Å². The fourth-order valence-electron chi connectivity index (χ4n) is 2.37. The molecule has 0 radical (unpaired) electrons. The van der Waals surface area contributed by atoms with Crippen molar-refractivity contribution in [3.63, 3.8) is 0 Å². The van der Waals surface area contributed by atoms with Gasteiger partial charge in [0.1, 0.15) is 5.41 Å². The minimum Gasteiger partial charge on any atom is -0.465 e. The van der Waals surface area contributed by atoms with E-state index < -0.39 is 32.9 Å². The topological polar surface area (TPSA) is 102 Å². The van der Waals surface area contributed by atoms with E-state index >= 15 is 0 Å². The lowest BCUT2D eigenvalue weighted by atomic mass is 10.1. The van der Waals surface area contributed by atoms with E-state index in [1.807, 2.05) is 0 Å². The molecule has 1 saturated carbocycles. The fraction of sp³-hybridized carbons (Fsp3) is 0.529. The summed E-state index contributed by atoms with van der Waals surface area (Å²) in [6, 6.07) is 5.93. The monoisotopic (exact) mass is 368 g/mol. The van der Waals surface area contributed by atoms with Crippen molar-refractivity contribution in [2.45, 2.75) is 51.0 Å². The average Bonchev–Trinajstić information content (AvgIpc) is 3.27. The molecule has 138 valence electrons. The van der Waals surface area contributed by atoms with Crippen LogP contribution in [0.15, 0.2) is 29.2 Å². The van der Waals surface area contributed by atoms with Crippen molar-refractivity contribution < 1.29 is 22.7 Å². The summed E-state index contributed by atoms with van der Waals surface area (Å²) in [6.07, 6.45) is 0.864. The van der Waals surface area contributed by atoms with Crippen LogP contribution in [-0.2, 0) is 24.3 Å². The van der Waals surface area contributed by atoms with Crippen molar-refractivity contribution in [3.8, 4) is 0 Å². The first-order valence-corrected chi connectivity index (χ1v) is 9.61. The normalized spacial score (nSPS) is 16.2. The molecule has 1 aliphatic rings. The molecule has 2 rings (SSSR count). The standard InChI is InChI=1S/C17H24N2O5S/c1-5-24-15(21)17(9-10-17)14(20)18-12-7-6-8-13(11-12)25(22,23)19-16(2,3)4/h6-8,11,19H,5,9-10H2,1-4H3,(H,18,20). The van der Waals surface area contributed by atoms with E-state index in [-0.39, 0.29) is 11.5 Å². The molecule has 1 aliphatic carbocycles. The smallest absolute Gasteiger partial charge is 0.321 e. The molecule has 1 aromatic rings. The number of carbonyl (C=O) groups is 2. The van der Waals surface area contributed by atoms with Gasteiger partial charge in [0.05, 0.1) is 11.5 Å². The van der Waals surface area contributed by atoms with Gasteiger partial charge in [-0.3, -0.25) is 9.59 Å². The number of sulfonamides is 1. The molecule has 25 heavy (non-hydrogen) atoms. The van der Waals surface area contributed by atoms with Crippen LogP contribution < -0.4 is 10.0 Å². The number of hydrogen-bond donors (Lipinski definition) is 2. The Labute approximate surface area is 148 Å². The molecular weight excluding hydrogens is 344 g/mol. The predicted molar refractivity (Wildman–Crippen MR) is 93.4 cm³/mol. The van der Waals surface area contributed by atoms with Crippen LogP contribution in [0.4, 0.5) is 5.69 Å². The minimum atomic E-state index is -3.71. The number of nitrogens with one attached hydrogen (secondary N) is 2. The third-order valence-corrected chi connectivity index (χ3v) is 5.45. The molecule has 0 bridgehead atoms. The average molecular weight is 368 g/mol. The lowest BCUT2D eigenvalue weighted by Crippen LogP contribution is -2.40. The Kier molecular flexibility index (Phi) is 5.24. The van der Waals surface area contributed by atoms with Crippen LogP contribution in [0, 0.1) is 5.41 Å². The van der Waals surface area contributed by atoms with E-state index in [1.165, 1.54) is 18.2 Å². The number of hydrogen-bond acceptors (Lipinski definition) is 5. The highest BCUT2D eigenvalue weighted by molar-refractivity contribution is 7.89. The van der Waals surface area contributed by atoms with Gasteiger partial charge in [-0.1, -0.05) is 6.07 Å². The van der Waals surface area contributed by atoms with Crippen molar-refractivity contribution in [3.05, 3.63) is 24.3 Å². The van der Waals surface area contributed by atoms with Gasteiger partial charge in [0.25, 0.3) is 0 Å². The second-order valence-corrected chi connectivity index (χ2v) is 8.82. The van der Waals surface area contributed by atoms with E-state index in [9.17, 15) is 18.0 Å². The number of carbonyl (C=O) groups excluding carboxylic acids is 2. The molecule has 0 spiro atoms. The van der Waals surface area contributed by atoms with Crippen LogP contribution in [0.5, 0.6) is 0 Å². The highest BCUT2D eigenvalue weighted by atomic mass is 32.2. The molecule has 0 aromatic heterocycles. The first kappa shape index (κ1) is 19.4. The molecule has 1 amide bonds. The molecule has 0 unspecified atom stereocenters. The van der Waals surface area contributed by atoms with Gasteiger partial charge in [-0.15, -0.1) is 0 Å². The second-order valence-electron chi connectivity index (χ2n) is 7.14. The third-order valence-electron chi connectivity index (χ3n) is 3.69. The molecule has 0 saturated heterocycles. The van der Waals surface area contributed by atoms with Gasteiger partial charge in [-0.2, -0.15) is 0 Å². The quantitative estimate of drug-likeness (QED) is 0.591. The zero-order valence-corrected chi connectivity index (χ0v) is 15.7. The van der Waals surface area contributed by atoms with Gasteiger partial charge in [-0.25, -0.2) is 13.1 Å². The molecular formula is C17H24N2O5S. The van der Waals surface area contributed by atoms with Gasteiger partial charge >= 0.3 is 5.97 Å². The number of benzene rings is 1. The lowest BCUT2D eigenvalue weighted by molar-refractivity contribution is -0.152. The SMILES string of the molecule is CCOC(=O)C1(C(=O)Nc2cccc(S(=O)(=O)NC(C)(C)C)c2)CC1. The van der Waals surface area contributed by atoms with E-state index in [1.54, 1.807) is 33.8 Å². The van der Waals surface area contributed by atoms with Crippen molar-refractivity contribution in [2.24, 2.45) is 5.41 Å². The predicted octanol–water partition coefficient (Wildman–Crippen LogP) is 2.05. The van der Waals surface area contributed by atoms with Gasteiger partial charge < -0.3 is 10.1 Å². The molecule has 0 aliphatic heterocycles. The van der Waals surface area contributed by atoms with E-state index in [4.69, 9.17) is 4.74 Å². The summed E-state index contributed by atoms with van der Waals surface area (Å²) in [5.41, 5.74) is -1.45. The number of ether oxygens (including phenoxy) is 1. The largest absolute Gasteiger partial charge is 0.465 e. The number of esters is 1. The first-order valence-electron chi connectivity index (χ1n) is 8.13. The molecule has 7 nitrogen and oxygen atoms in total. The molecule has 1 fully saturated rings. The Morgan fingerprint density at radius 2 is 1.88 bits per heavy atom. The van der Waals surface area contributed by atoms with Crippen molar-refractivity contribution in [1.29, 1.82) is 0 Å². The Morgan fingerprint density at radius 1 is 1.24 bits per heavy atom. The van der Waals surface area contributed by atoms with Crippen molar-refractivity contribution in [1.82, 2.24) is 4.72 Å². The summed E-state index contributed by atoms with van der Waals surface area (Å²) in [5, 5.41) is 2.63. The van der Waals surface area contributed by atoms with E-state index in [0.717, 1.165) is 0 Å². The minimum absolute atomic E-state index is 0.0428. The summed E-state index contributed by atoms with van der Waals surface area (Å²) >= 11 is 0. The Hall–Kier alpha value is -1.93. The second kappa shape index (κ2) is 6.76. The Morgan fingerprint density at radius 3 is 2.40 bits per heavy atom. The molecule has 0 heterocycles. The maximum atomic E-state index is 12.4. The third kappa shape index (κ3) is 4.58. The summed E-state index contributed by atoms with van der Waals surface area (Å²) in [5.74, 6) is -1.00. The van der Waals surface area contributed by atoms with Crippen LogP contribution in [0.3, 0.4) is 0 Å². The highest BCUT2D eigenvalue weighted by Crippen LogP contribution is 2.47. The first-order chi connectivity index (χ1) is 11.5. The Bertz CT molecular complexity index is 776. The summed E-state index contributed by atoms with van der Waals surface area (Å²) in [7, 11) is -3.71. The molecule has 8 heteroatoms. The maximum Gasteiger partial charge on any atom is 0.321 e. The summed E-state index contributed by atoms with van der Waals surface area (Å²) in [6.45, 7) is 7.12. The maximum absolute atomic E-state index is 12.4. The summed E-state index contributed by atoms with van der Waals surface area (Å²) in [4.78, 5) is 24.4. The van der Waals surface area contributed by atoms with Crippen LogP contribution in [0.2, 0.25) is 0 Å². The number of anilines is 1. The zero-order chi connectivity index (χ0) is 18.9. The van der Waals surface area contributed by atoms with Crippen LogP contribution in [0.1, 0.15) is 40.5 Å². The fourth-order valence-corrected chi connectivity index (χ4v) is 3.84. The summed E-state index contributed by atoms with van der Waals surface area (Å²) < 4.78 is 32.3. The van der Waals surface area contributed by atoms with Gasteiger partial charge in [0.2, 0.25) is 15.9 Å². The Balaban J connectivity index is 2.17. The molecule has 1 aromatic carbocycles. The van der Waals surface area contributed by atoms with Crippen LogP contribution >= 0.6 is 0 Å². The van der Waals surface area contributed by atoms with Gasteiger partial charge in [0, 0.05) is 11.2 Å². The van der Waals surface area contributed by atoms with Crippen LogP contribution in [-0.4, -0.2) is 32.4 Å². The van der Waals surface area contributed by atoms with E-state index in [2.05, 4.69) is 10.0 Å². The highest BCUT2D eigenvalue weighted by Gasteiger charge is 2.58. The molecule has 0 atom stereocenters. The van der Waals surface area contributed by atoms with Crippen molar-refractivity contribution >= 4 is 27.6 Å². The van der Waals surface area contributed by atoms with Gasteiger partial charge in [0.15, 0.2) is 0 Å². The zero-order valence-electron chi connectivity index (χ0n) is 14.9. The molecule has 2 N–H and O–H groups in total. The lowest BCUT2D eigenvalue weighted by Gasteiger charge is -2.20. The number of amides is 1.